The molecule has 4 rings (SSSR count). The zero-order valence-corrected chi connectivity index (χ0v) is 20.2. The van der Waals surface area contributed by atoms with Gasteiger partial charge in [-0.15, -0.1) is 0 Å². The molecule has 0 radical (unpaired) electrons. The molecule has 1 fully saturated rings. The standard InChI is InChI=1S/C26H33N5O3/c1-16(2)17(3)28-14-24(32)30-15-25(33)31(21-6-7-21)22-8-5-20(13-23(22)30)26(34)29-18(4)19-9-11-27-12-10-19/h5,8-13,16-18,21,28H,6-7,14-15H2,1-4H3,(H,29,34)/t17-,18-/m0/s1. The summed E-state index contributed by atoms with van der Waals surface area (Å²) in [5, 5.41) is 6.26. The highest BCUT2D eigenvalue weighted by atomic mass is 16.2. The Bertz CT molecular complexity index is 1070. The highest BCUT2D eigenvalue weighted by molar-refractivity contribution is 6.13. The van der Waals surface area contributed by atoms with Gasteiger partial charge < -0.3 is 15.5 Å². The van der Waals surface area contributed by atoms with E-state index in [1.54, 1.807) is 35.5 Å². The number of carbonyl (C=O) groups is 3. The molecule has 1 aromatic heterocycles. The zero-order valence-electron chi connectivity index (χ0n) is 20.2. The summed E-state index contributed by atoms with van der Waals surface area (Å²) in [6.07, 6.45) is 5.30. The molecular formula is C26H33N5O3. The van der Waals surface area contributed by atoms with Gasteiger partial charge >= 0.3 is 0 Å². The van der Waals surface area contributed by atoms with Crippen LogP contribution < -0.4 is 20.4 Å². The van der Waals surface area contributed by atoms with E-state index in [1.165, 1.54) is 4.90 Å². The normalized spacial score (nSPS) is 17.4. The van der Waals surface area contributed by atoms with Crippen LogP contribution in [0.5, 0.6) is 0 Å². The van der Waals surface area contributed by atoms with Crippen LogP contribution in [0.15, 0.2) is 42.7 Å². The quantitative estimate of drug-likeness (QED) is 0.628. The fourth-order valence-corrected chi connectivity index (χ4v) is 4.07. The molecule has 2 N–H and O–H groups in total. The molecule has 3 amide bonds. The molecule has 1 aromatic carbocycles. The Hall–Kier alpha value is -3.26. The summed E-state index contributed by atoms with van der Waals surface area (Å²) in [5.74, 6) is -0.115. The number of hydrogen-bond acceptors (Lipinski definition) is 5. The molecule has 1 aliphatic carbocycles. The number of nitrogens with one attached hydrogen (secondary N) is 2. The lowest BCUT2D eigenvalue weighted by molar-refractivity contribution is -0.122. The lowest BCUT2D eigenvalue weighted by Gasteiger charge is -2.37. The minimum atomic E-state index is -0.235. The maximum absolute atomic E-state index is 13.2. The third-order valence-corrected chi connectivity index (χ3v) is 6.69. The summed E-state index contributed by atoms with van der Waals surface area (Å²) >= 11 is 0. The van der Waals surface area contributed by atoms with Gasteiger partial charge in [0.1, 0.15) is 6.54 Å². The number of hydrogen-bond donors (Lipinski definition) is 2. The van der Waals surface area contributed by atoms with Crippen molar-refractivity contribution in [3.05, 3.63) is 53.9 Å². The first-order valence-corrected chi connectivity index (χ1v) is 12.0. The molecule has 2 heterocycles. The first kappa shape index (κ1) is 23.9. The number of pyridine rings is 1. The van der Waals surface area contributed by atoms with Crippen LogP contribution in [-0.2, 0) is 9.59 Å². The van der Waals surface area contributed by atoms with Crippen molar-refractivity contribution < 1.29 is 14.4 Å². The number of carbonyl (C=O) groups excluding carboxylic acids is 3. The van der Waals surface area contributed by atoms with E-state index in [2.05, 4.69) is 29.5 Å². The molecule has 8 nitrogen and oxygen atoms in total. The van der Waals surface area contributed by atoms with Gasteiger partial charge in [0, 0.05) is 30.0 Å². The van der Waals surface area contributed by atoms with E-state index in [1.807, 2.05) is 26.0 Å². The van der Waals surface area contributed by atoms with Crippen LogP contribution in [0.3, 0.4) is 0 Å². The Morgan fingerprint density at radius 3 is 2.41 bits per heavy atom. The van der Waals surface area contributed by atoms with E-state index in [0.717, 1.165) is 18.4 Å². The van der Waals surface area contributed by atoms with Crippen molar-refractivity contribution in [3.63, 3.8) is 0 Å². The van der Waals surface area contributed by atoms with Crippen molar-refractivity contribution >= 4 is 29.1 Å². The third kappa shape index (κ3) is 5.12. The average Bonchev–Trinajstić information content (AvgIpc) is 3.66. The number of benzene rings is 1. The molecule has 2 atom stereocenters. The zero-order chi connectivity index (χ0) is 24.4. The maximum atomic E-state index is 13.2. The summed E-state index contributed by atoms with van der Waals surface area (Å²) in [5.41, 5.74) is 2.71. The molecule has 0 spiro atoms. The summed E-state index contributed by atoms with van der Waals surface area (Å²) in [7, 11) is 0. The van der Waals surface area contributed by atoms with Crippen molar-refractivity contribution in [1.82, 2.24) is 15.6 Å². The van der Waals surface area contributed by atoms with Crippen molar-refractivity contribution in [2.45, 2.75) is 58.7 Å². The highest BCUT2D eigenvalue weighted by Gasteiger charge is 2.40. The Morgan fingerprint density at radius 1 is 1.06 bits per heavy atom. The van der Waals surface area contributed by atoms with E-state index in [0.29, 0.717) is 22.9 Å². The van der Waals surface area contributed by atoms with E-state index in [9.17, 15) is 14.4 Å². The Labute approximate surface area is 200 Å². The van der Waals surface area contributed by atoms with Gasteiger partial charge in [-0.2, -0.15) is 0 Å². The van der Waals surface area contributed by atoms with Crippen molar-refractivity contribution in [2.75, 3.05) is 22.9 Å². The van der Waals surface area contributed by atoms with Gasteiger partial charge in [0.05, 0.1) is 24.0 Å². The fourth-order valence-electron chi connectivity index (χ4n) is 4.07. The van der Waals surface area contributed by atoms with Crippen LogP contribution in [0.25, 0.3) is 0 Å². The van der Waals surface area contributed by atoms with Crippen molar-refractivity contribution in [2.24, 2.45) is 5.92 Å². The fraction of sp³-hybridized carbons (Fsp3) is 0.462. The summed E-state index contributed by atoms with van der Waals surface area (Å²) < 4.78 is 0. The molecule has 1 aliphatic heterocycles. The van der Waals surface area contributed by atoms with Gasteiger partial charge in [-0.25, -0.2) is 0 Å². The SMILES string of the molecule is CC(C)[C@H](C)NCC(=O)N1CC(=O)N(C2CC2)c2ccc(C(=O)N[C@@H](C)c3ccncc3)cc21. The molecule has 0 saturated heterocycles. The first-order valence-electron chi connectivity index (χ1n) is 12.0. The van der Waals surface area contributed by atoms with Crippen LogP contribution in [0, 0.1) is 5.92 Å². The van der Waals surface area contributed by atoms with Crippen molar-refractivity contribution in [3.8, 4) is 0 Å². The summed E-state index contributed by atoms with van der Waals surface area (Å²) in [4.78, 5) is 46.5. The smallest absolute Gasteiger partial charge is 0.251 e. The molecule has 1 saturated carbocycles. The largest absolute Gasteiger partial charge is 0.346 e. The second-order valence-electron chi connectivity index (χ2n) is 9.57. The highest BCUT2D eigenvalue weighted by Crippen LogP contribution is 2.41. The predicted molar refractivity (Wildman–Crippen MR) is 132 cm³/mol. The van der Waals surface area contributed by atoms with Crippen LogP contribution in [-0.4, -0.2) is 47.9 Å². The Morgan fingerprint density at radius 2 is 1.76 bits per heavy atom. The number of amides is 3. The minimum Gasteiger partial charge on any atom is -0.346 e. The first-order chi connectivity index (χ1) is 16.3. The van der Waals surface area contributed by atoms with E-state index in [-0.39, 0.29) is 48.9 Å². The van der Waals surface area contributed by atoms with Gasteiger partial charge in [-0.1, -0.05) is 13.8 Å². The predicted octanol–water partition coefficient (Wildman–Crippen LogP) is 3.05. The van der Waals surface area contributed by atoms with Gasteiger partial charge in [0.15, 0.2) is 0 Å². The van der Waals surface area contributed by atoms with Crippen molar-refractivity contribution in [1.29, 1.82) is 0 Å². The van der Waals surface area contributed by atoms with Gasteiger partial charge in [0.25, 0.3) is 5.91 Å². The van der Waals surface area contributed by atoms with E-state index in [4.69, 9.17) is 0 Å². The average molecular weight is 464 g/mol. The lowest BCUT2D eigenvalue weighted by Crippen LogP contribution is -2.51. The van der Waals surface area contributed by atoms with Crippen LogP contribution in [0.1, 0.15) is 62.5 Å². The van der Waals surface area contributed by atoms with Gasteiger partial charge in [0.2, 0.25) is 11.8 Å². The number of fused-ring (bicyclic) bond motifs is 1. The molecule has 34 heavy (non-hydrogen) atoms. The number of aromatic nitrogens is 1. The van der Waals surface area contributed by atoms with Crippen LogP contribution in [0.2, 0.25) is 0 Å². The van der Waals surface area contributed by atoms with E-state index < -0.39 is 0 Å². The number of nitrogens with zero attached hydrogens (tertiary/aromatic N) is 3. The molecule has 2 aliphatic rings. The summed E-state index contributed by atoms with van der Waals surface area (Å²) in [6, 6.07) is 9.12. The second-order valence-corrected chi connectivity index (χ2v) is 9.57. The second kappa shape index (κ2) is 9.93. The third-order valence-electron chi connectivity index (χ3n) is 6.69. The molecule has 2 aromatic rings. The molecule has 0 bridgehead atoms. The maximum Gasteiger partial charge on any atom is 0.251 e. The van der Waals surface area contributed by atoms with Gasteiger partial charge in [-0.05, 0) is 68.5 Å². The van der Waals surface area contributed by atoms with Crippen LogP contribution in [0.4, 0.5) is 11.4 Å². The monoisotopic (exact) mass is 463 g/mol. The lowest BCUT2D eigenvalue weighted by atomic mass is 10.1. The molecular weight excluding hydrogens is 430 g/mol. The topological polar surface area (TPSA) is 94.6 Å². The number of rotatable bonds is 8. The van der Waals surface area contributed by atoms with Gasteiger partial charge in [-0.3, -0.25) is 24.3 Å². The Balaban J connectivity index is 1.59. The minimum absolute atomic E-state index is 0.0153. The molecule has 8 heteroatoms. The van der Waals surface area contributed by atoms with E-state index >= 15 is 0 Å². The molecule has 180 valence electrons. The molecule has 0 unspecified atom stereocenters. The summed E-state index contributed by atoms with van der Waals surface area (Å²) in [6.45, 7) is 8.25. The Kier molecular flexibility index (Phi) is 6.97. The van der Waals surface area contributed by atoms with Crippen LogP contribution >= 0.6 is 0 Å². The number of anilines is 2.